The number of aryl methyl sites for hydroxylation is 1. The van der Waals surface area contributed by atoms with Gasteiger partial charge in [-0.1, -0.05) is 34.6 Å². The number of hydrogen-bond acceptors (Lipinski definition) is 10. The first-order valence-corrected chi connectivity index (χ1v) is 17.8. The average molecular weight is 662 g/mol. The van der Waals surface area contributed by atoms with Crippen LogP contribution in [-0.2, 0) is 35.6 Å². The van der Waals surface area contributed by atoms with Crippen molar-refractivity contribution in [1.29, 1.82) is 0 Å². The van der Waals surface area contributed by atoms with E-state index in [-0.39, 0.29) is 36.8 Å². The zero-order chi connectivity index (χ0) is 33.8. The summed E-state index contributed by atoms with van der Waals surface area (Å²) in [6, 6.07) is -3.18. The lowest BCUT2D eigenvalue weighted by Crippen LogP contribution is -2.55. The van der Waals surface area contributed by atoms with Crippen LogP contribution in [0.1, 0.15) is 78.4 Å². The van der Waals surface area contributed by atoms with E-state index < -0.39 is 63.6 Å². The van der Waals surface area contributed by atoms with Crippen LogP contribution in [0.2, 0.25) is 0 Å². The molecule has 13 nitrogen and oxygen atoms in total. The standard InChI is InChI=1S/C29H51N5O8S2/c1-16(2)10-21(24(35)12-19(7)26(36)33-22(11-17(3)4)27(37)30-18(5)6)32-28(38)23(15-44(9,40)41)34-29(39)42-13-25-31-20(8)14-43-25/h14,16-19,21-24,35H,10-13,15H2,1-9H3,(H,30,37)(H,32,38)(H,33,36)(H,34,39)/t19-,21-,22-,23+,24+/m1/s1. The van der Waals surface area contributed by atoms with Crippen LogP contribution < -0.4 is 21.3 Å². The van der Waals surface area contributed by atoms with Crippen LogP contribution in [0.3, 0.4) is 0 Å². The van der Waals surface area contributed by atoms with Gasteiger partial charge in [0.05, 0.1) is 17.9 Å². The monoisotopic (exact) mass is 661 g/mol. The van der Waals surface area contributed by atoms with Gasteiger partial charge in [-0.3, -0.25) is 14.4 Å². The normalized spacial score (nSPS) is 15.3. The predicted molar refractivity (Wildman–Crippen MR) is 170 cm³/mol. The number of amides is 4. The van der Waals surface area contributed by atoms with Crippen molar-refractivity contribution in [3.05, 3.63) is 16.1 Å². The molecule has 0 aliphatic rings. The number of ether oxygens (including phenoxy) is 1. The van der Waals surface area contributed by atoms with Crippen LogP contribution >= 0.6 is 11.3 Å². The van der Waals surface area contributed by atoms with Crippen LogP contribution in [0.25, 0.3) is 0 Å². The van der Waals surface area contributed by atoms with Gasteiger partial charge in [-0.15, -0.1) is 11.3 Å². The maximum absolute atomic E-state index is 13.3. The minimum Gasteiger partial charge on any atom is -0.442 e. The Balaban J connectivity index is 2.97. The number of nitrogens with one attached hydrogen (secondary N) is 4. The molecular weight excluding hydrogens is 610 g/mol. The summed E-state index contributed by atoms with van der Waals surface area (Å²) in [6.45, 7) is 14.6. The highest BCUT2D eigenvalue weighted by Crippen LogP contribution is 2.17. The number of aliphatic hydroxyl groups excluding tert-OH is 1. The number of carbonyl (C=O) groups excluding carboxylic acids is 4. The first-order valence-electron chi connectivity index (χ1n) is 14.9. The molecule has 1 heterocycles. The number of nitrogens with zero attached hydrogens (tertiary/aromatic N) is 1. The Kier molecular flexibility index (Phi) is 16.3. The number of hydrogen-bond donors (Lipinski definition) is 5. The molecule has 0 aliphatic carbocycles. The Bertz CT molecular complexity index is 1200. The maximum Gasteiger partial charge on any atom is 0.408 e. The summed E-state index contributed by atoms with van der Waals surface area (Å²) >= 11 is 1.29. The summed E-state index contributed by atoms with van der Waals surface area (Å²) < 4.78 is 29.3. The summed E-state index contributed by atoms with van der Waals surface area (Å²) in [5, 5.41) is 24.0. The molecule has 0 aromatic carbocycles. The number of aliphatic hydroxyl groups is 1. The smallest absolute Gasteiger partial charge is 0.408 e. The Hall–Kier alpha value is -2.78. The molecule has 0 spiro atoms. The van der Waals surface area contributed by atoms with Gasteiger partial charge < -0.3 is 31.1 Å². The van der Waals surface area contributed by atoms with Crippen molar-refractivity contribution in [3.63, 3.8) is 0 Å². The fourth-order valence-corrected chi connectivity index (χ4v) is 5.93. The van der Waals surface area contributed by atoms with E-state index in [2.05, 4.69) is 26.3 Å². The van der Waals surface area contributed by atoms with Crippen LogP contribution in [0.5, 0.6) is 0 Å². The molecule has 0 unspecified atom stereocenters. The highest BCUT2D eigenvalue weighted by atomic mass is 32.2. The fourth-order valence-electron chi connectivity index (χ4n) is 4.40. The second kappa shape index (κ2) is 18.3. The summed E-state index contributed by atoms with van der Waals surface area (Å²) in [5.74, 6) is -2.77. The minimum atomic E-state index is -3.71. The molecule has 5 atom stereocenters. The van der Waals surface area contributed by atoms with Gasteiger partial charge in [-0.25, -0.2) is 18.2 Å². The molecule has 1 aromatic rings. The topological polar surface area (TPSA) is 193 Å². The quantitative estimate of drug-likeness (QED) is 0.157. The summed E-state index contributed by atoms with van der Waals surface area (Å²) in [4.78, 5) is 55.6. The van der Waals surface area contributed by atoms with Crippen molar-refractivity contribution in [2.45, 2.75) is 112 Å². The molecule has 0 radical (unpaired) electrons. The van der Waals surface area contributed by atoms with Crippen molar-refractivity contribution >= 4 is 45.0 Å². The number of sulfone groups is 1. The van der Waals surface area contributed by atoms with Gasteiger partial charge in [0.2, 0.25) is 17.7 Å². The summed E-state index contributed by atoms with van der Waals surface area (Å²) in [7, 11) is -3.71. The first kappa shape index (κ1) is 39.2. The maximum atomic E-state index is 13.3. The molecule has 0 bridgehead atoms. The Morgan fingerprint density at radius 2 is 1.45 bits per heavy atom. The first-order chi connectivity index (χ1) is 20.3. The molecule has 0 saturated carbocycles. The van der Waals surface area contributed by atoms with Crippen LogP contribution in [0.4, 0.5) is 4.79 Å². The number of rotatable bonds is 18. The number of aromatic nitrogens is 1. The van der Waals surface area contributed by atoms with Crippen molar-refractivity contribution in [2.24, 2.45) is 17.8 Å². The van der Waals surface area contributed by atoms with Gasteiger partial charge in [-0.05, 0) is 51.9 Å². The Morgan fingerprint density at radius 1 is 0.864 bits per heavy atom. The third-order valence-corrected chi connectivity index (χ3v) is 8.28. The third kappa shape index (κ3) is 15.8. The molecule has 4 amide bonds. The van der Waals surface area contributed by atoms with Crippen LogP contribution in [0.15, 0.2) is 5.38 Å². The van der Waals surface area contributed by atoms with Crippen molar-refractivity contribution < 1.29 is 37.4 Å². The second-order valence-electron chi connectivity index (χ2n) is 12.6. The highest BCUT2D eigenvalue weighted by Gasteiger charge is 2.32. The predicted octanol–water partition coefficient (Wildman–Crippen LogP) is 2.06. The zero-order valence-electron chi connectivity index (χ0n) is 27.3. The number of thiazole rings is 1. The van der Waals surface area contributed by atoms with E-state index in [1.165, 1.54) is 11.3 Å². The van der Waals surface area contributed by atoms with E-state index in [0.29, 0.717) is 17.8 Å². The lowest BCUT2D eigenvalue weighted by molar-refractivity contribution is -0.132. The van der Waals surface area contributed by atoms with E-state index in [4.69, 9.17) is 4.74 Å². The van der Waals surface area contributed by atoms with Gasteiger partial charge in [0, 0.05) is 29.3 Å². The van der Waals surface area contributed by atoms with E-state index in [1.807, 2.05) is 41.5 Å². The Labute approximate surface area is 265 Å². The van der Waals surface area contributed by atoms with Gasteiger partial charge in [0.1, 0.15) is 33.5 Å². The van der Waals surface area contributed by atoms with Gasteiger partial charge in [0.25, 0.3) is 0 Å². The van der Waals surface area contributed by atoms with E-state index in [0.717, 1.165) is 11.9 Å². The van der Waals surface area contributed by atoms with Gasteiger partial charge in [-0.2, -0.15) is 0 Å². The molecule has 44 heavy (non-hydrogen) atoms. The van der Waals surface area contributed by atoms with Gasteiger partial charge in [0.15, 0.2) is 0 Å². The molecule has 252 valence electrons. The molecular formula is C29H51N5O8S2. The summed E-state index contributed by atoms with van der Waals surface area (Å²) in [6.07, 6.45) is -0.532. The highest BCUT2D eigenvalue weighted by molar-refractivity contribution is 7.90. The lowest BCUT2D eigenvalue weighted by atomic mass is 9.92. The molecule has 5 N–H and O–H groups in total. The fraction of sp³-hybridized carbons (Fsp3) is 0.759. The molecule has 0 aliphatic heterocycles. The third-order valence-electron chi connectivity index (χ3n) is 6.40. The molecule has 0 saturated heterocycles. The molecule has 1 rings (SSSR count). The van der Waals surface area contributed by atoms with Crippen LogP contribution in [-0.4, -0.2) is 84.6 Å². The van der Waals surface area contributed by atoms with E-state index in [1.54, 1.807) is 19.2 Å². The minimum absolute atomic E-state index is 0.0160. The van der Waals surface area contributed by atoms with E-state index in [9.17, 15) is 32.7 Å². The number of alkyl carbamates (subject to hydrolysis) is 1. The lowest BCUT2D eigenvalue weighted by Gasteiger charge is -2.29. The zero-order valence-corrected chi connectivity index (χ0v) is 28.9. The largest absolute Gasteiger partial charge is 0.442 e. The van der Waals surface area contributed by atoms with Crippen molar-refractivity contribution in [2.75, 3.05) is 12.0 Å². The van der Waals surface area contributed by atoms with E-state index >= 15 is 0 Å². The average Bonchev–Trinajstić information content (AvgIpc) is 3.29. The number of carbonyl (C=O) groups is 4. The summed E-state index contributed by atoms with van der Waals surface area (Å²) in [5.41, 5.74) is 0.761. The molecule has 0 fully saturated rings. The second-order valence-corrected chi connectivity index (χ2v) is 15.7. The molecule has 1 aromatic heterocycles. The van der Waals surface area contributed by atoms with Crippen molar-refractivity contribution in [3.8, 4) is 0 Å². The van der Waals surface area contributed by atoms with Crippen LogP contribution in [0, 0.1) is 24.7 Å². The Morgan fingerprint density at radius 3 is 1.95 bits per heavy atom. The molecule has 15 heteroatoms. The van der Waals surface area contributed by atoms with Crippen molar-refractivity contribution in [1.82, 2.24) is 26.3 Å². The SMILES string of the molecule is Cc1csc(COC(=O)N[C@@H](CS(C)(=O)=O)C(=O)N[C@H](CC(C)C)[C@@H](O)C[C@@H](C)C(=O)N[C@H](CC(C)C)C(=O)NC(C)C)n1. The van der Waals surface area contributed by atoms with Gasteiger partial charge >= 0.3 is 6.09 Å².